The van der Waals surface area contributed by atoms with E-state index in [1.54, 1.807) is 6.08 Å². The largest absolute Gasteiger partial charge is 0.419 e. The molecule has 0 atom stereocenters. The number of carbonyl (C=O) groups excluding carboxylic acids is 2. The summed E-state index contributed by atoms with van der Waals surface area (Å²) in [5.74, 6) is -2.12. The van der Waals surface area contributed by atoms with E-state index < -0.39 is 17.7 Å². The molecule has 0 unspecified atom stereocenters. The molecule has 0 radical (unpaired) electrons. The van der Waals surface area contributed by atoms with E-state index in [4.69, 9.17) is 9.47 Å². The Labute approximate surface area is 121 Å². The molecule has 4 nitrogen and oxygen atoms in total. The molecule has 0 amide bonds. The molecule has 1 aromatic rings. The first kappa shape index (κ1) is 13.4. The first-order valence-corrected chi connectivity index (χ1v) is 7.70. The summed E-state index contributed by atoms with van der Waals surface area (Å²) in [6.45, 7) is 1.94. The third kappa shape index (κ3) is 2.38. The lowest BCUT2D eigenvalue weighted by atomic mass is 9.93. The zero-order valence-corrected chi connectivity index (χ0v) is 12.1. The van der Waals surface area contributed by atoms with E-state index in [9.17, 15) is 9.59 Å². The third-order valence-electron chi connectivity index (χ3n) is 3.79. The minimum Gasteiger partial charge on any atom is -0.419 e. The normalized spacial score (nSPS) is 21.6. The van der Waals surface area contributed by atoms with Crippen LogP contribution in [0.3, 0.4) is 0 Å². The van der Waals surface area contributed by atoms with Crippen molar-refractivity contribution in [2.75, 3.05) is 0 Å². The summed E-state index contributed by atoms with van der Waals surface area (Å²) in [4.78, 5) is 25.1. The van der Waals surface area contributed by atoms with Gasteiger partial charge in [0.2, 0.25) is 0 Å². The van der Waals surface area contributed by atoms with Crippen LogP contribution in [0.15, 0.2) is 17.0 Å². The van der Waals surface area contributed by atoms with E-state index in [0.717, 1.165) is 29.7 Å². The number of aryl methyl sites for hydroxylation is 1. The highest BCUT2D eigenvalue weighted by molar-refractivity contribution is 7.11. The van der Waals surface area contributed by atoms with Crippen molar-refractivity contribution in [3.63, 3.8) is 0 Å². The lowest BCUT2D eigenvalue weighted by molar-refractivity contribution is -0.244. The summed E-state index contributed by atoms with van der Waals surface area (Å²) in [6, 6.07) is 1.94. The summed E-state index contributed by atoms with van der Waals surface area (Å²) in [5, 5.41) is 1.92. The summed E-state index contributed by atoms with van der Waals surface area (Å²) in [7, 11) is 0. The van der Waals surface area contributed by atoms with Gasteiger partial charge in [0.25, 0.3) is 5.79 Å². The van der Waals surface area contributed by atoms with Gasteiger partial charge in [-0.1, -0.05) is 6.42 Å². The molecule has 1 saturated carbocycles. The highest BCUT2D eigenvalue weighted by Crippen LogP contribution is 2.37. The minimum atomic E-state index is -1.01. The maximum atomic E-state index is 12.1. The van der Waals surface area contributed by atoms with Gasteiger partial charge in [0.05, 0.1) is 0 Å². The summed E-state index contributed by atoms with van der Waals surface area (Å²) >= 11 is 1.48. The second-order valence-corrected chi connectivity index (χ2v) is 6.22. The average molecular weight is 292 g/mol. The van der Waals surface area contributed by atoms with Crippen molar-refractivity contribution in [2.24, 2.45) is 0 Å². The van der Waals surface area contributed by atoms with Gasteiger partial charge < -0.3 is 9.47 Å². The zero-order valence-electron chi connectivity index (χ0n) is 11.3. The van der Waals surface area contributed by atoms with Crippen LogP contribution in [0.25, 0.3) is 6.08 Å². The van der Waals surface area contributed by atoms with Gasteiger partial charge in [-0.3, -0.25) is 0 Å². The Morgan fingerprint density at radius 1 is 1.15 bits per heavy atom. The maximum Gasteiger partial charge on any atom is 0.348 e. The van der Waals surface area contributed by atoms with Gasteiger partial charge in [0.15, 0.2) is 0 Å². The first-order valence-electron chi connectivity index (χ1n) is 6.82. The topological polar surface area (TPSA) is 52.6 Å². The molecule has 1 aliphatic carbocycles. The van der Waals surface area contributed by atoms with Gasteiger partial charge in [0.1, 0.15) is 5.57 Å². The standard InChI is InChI=1S/C15H16O4S/c1-10-5-8-20-12(10)9-11-13(16)18-15(19-14(11)17)6-3-2-4-7-15/h5,8-9H,2-4,6-7H2,1H3. The lowest BCUT2D eigenvalue weighted by Crippen LogP contribution is -2.47. The van der Waals surface area contributed by atoms with Crippen LogP contribution >= 0.6 is 11.3 Å². The van der Waals surface area contributed by atoms with Crippen LogP contribution in [0.2, 0.25) is 0 Å². The quantitative estimate of drug-likeness (QED) is 0.453. The van der Waals surface area contributed by atoms with Crippen LogP contribution in [0.1, 0.15) is 42.5 Å². The fourth-order valence-electron chi connectivity index (χ4n) is 2.63. The molecule has 1 saturated heterocycles. The molecule has 1 aromatic heterocycles. The second kappa shape index (κ2) is 5.05. The van der Waals surface area contributed by atoms with Crippen LogP contribution in [-0.4, -0.2) is 17.7 Å². The molecule has 2 aliphatic rings. The van der Waals surface area contributed by atoms with Gasteiger partial charge in [-0.15, -0.1) is 11.3 Å². The van der Waals surface area contributed by atoms with Crippen LogP contribution in [0, 0.1) is 6.92 Å². The Hall–Kier alpha value is -1.62. The molecule has 5 heteroatoms. The maximum absolute atomic E-state index is 12.1. The number of hydrogen-bond donors (Lipinski definition) is 0. The van der Waals surface area contributed by atoms with E-state index in [0.29, 0.717) is 12.8 Å². The predicted molar refractivity (Wildman–Crippen MR) is 75.0 cm³/mol. The molecular formula is C15H16O4S. The summed E-state index contributed by atoms with van der Waals surface area (Å²) < 4.78 is 10.9. The smallest absolute Gasteiger partial charge is 0.348 e. The second-order valence-electron chi connectivity index (χ2n) is 5.28. The predicted octanol–water partition coefficient (Wildman–Crippen LogP) is 3.20. The van der Waals surface area contributed by atoms with Crippen molar-refractivity contribution >= 4 is 29.4 Å². The number of rotatable bonds is 1. The van der Waals surface area contributed by atoms with Crippen molar-refractivity contribution in [2.45, 2.75) is 44.8 Å². The van der Waals surface area contributed by atoms with E-state index in [2.05, 4.69) is 0 Å². The highest BCUT2D eigenvalue weighted by Gasteiger charge is 2.46. The van der Waals surface area contributed by atoms with Crippen LogP contribution < -0.4 is 0 Å². The first-order chi connectivity index (χ1) is 9.60. The molecule has 106 valence electrons. The molecule has 1 spiro atoms. The van der Waals surface area contributed by atoms with Gasteiger partial charge in [-0.25, -0.2) is 9.59 Å². The van der Waals surface area contributed by atoms with E-state index in [1.165, 1.54) is 11.3 Å². The van der Waals surface area contributed by atoms with Crippen molar-refractivity contribution in [1.82, 2.24) is 0 Å². The lowest BCUT2D eigenvalue weighted by Gasteiger charge is -2.38. The number of carbonyl (C=O) groups is 2. The van der Waals surface area contributed by atoms with Crippen LogP contribution in [0.4, 0.5) is 0 Å². The molecular weight excluding hydrogens is 276 g/mol. The Morgan fingerprint density at radius 3 is 2.35 bits per heavy atom. The molecule has 2 fully saturated rings. The molecule has 1 aliphatic heterocycles. The van der Waals surface area contributed by atoms with Gasteiger partial charge in [0, 0.05) is 17.7 Å². The number of hydrogen-bond acceptors (Lipinski definition) is 5. The molecule has 0 N–H and O–H groups in total. The highest BCUT2D eigenvalue weighted by atomic mass is 32.1. The van der Waals surface area contributed by atoms with Gasteiger partial charge in [-0.05, 0) is 42.9 Å². The fraction of sp³-hybridized carbons (Fsp3) is 0.467. The Kier molecular flexibility index (Phi) is 3.38. The Balaban J connectivity index is 1.86. The SMILES string of the molecule is Cc1ccsc1C=C1C(=O)OC2(CCCCC2)OC1=O. The molecule has 2 heterocycles. The van der Waals surface area contributed by atoms with Crippen molar-refractivity contribution < 1.29 is 19.1 Å². The minimum absolute atomic E-state index is 0.00764. The number of esters is 2. The van der Waals surface area contributed by atoms with Gasteiger partial charge in [-0.2, -0.15) is 0 Å². The number of ether oxygens (including phenoxy) is 2. The van der Waals surface area contributed by atoms with Crippen molar-refractivity contribution in [1.29, 1.82) is 0 Å². The van der Waals surface area contributed by atoms with Crippen LogP contribution in [-0.2, 0) is 19.1 Å². The number of thiophene rings is 1. The summed E-state index contributed by atoms with van der Waals surface area (Å²) in [5.41, 5.74) is 1.02. The molecule has 3 rings (SSSR count). The van der Waals surface area contributed by atoms with E-state index in [1.807, 2.05) is 18.4 Å². The fourth-order valence-corrected chi connectivity index (χ4v) is 3.49. The molecule has 0 aromatic carbocycles. The Bertz CT molecular complexity index is 556. The van der Waals surface area contributed by atoms with Crippen molar-refractivity contribution in [3.05, 3.63) is 27.5 Å². The van der Waals surface area contributed by atoms with Crippen molar-refractivity contribution in [3.8, 4) is 0 Å². The molecule has 0 bridgehead atoms. The third-order valence-corrected chi connectivity index (χ3v) is 4.76. The Morgan fingerprint density at radius 2 is 1.80 bits per heavy atom. The van der Waals surface area contributed by atoms with Crippen LogP contribution in [0.5, 0.6) is 0 Å². The monoisotopic (exact) mass is 292 g/mol. The van der Waals surface area contributed by atoms with E-state index >= 15 is 0 Å². The average Bonchev–Trinajstić information content (AvgIpc) is 2.80. The molecule has 20 heavy (non-hydrogen) atoms. The zero-order chi connectivity index (χ0) is 14.2. The van der Waals surface area contributed by atoms with Gasteiger partial charge >= 0.3 is 11.9 Å². The van der Waals surface area contributed by atoms with E-state index in [-0.39, 0.29) is 5.57 Å². The summed E-state index contributed by atoms with van der Waals surface area (Å²) in [6.07, 6.45) is 5.72.